The second-order valence-corrected chi connectivity index (χ2v) is 5.20. The zero-order valence-electron chi connectivity index (χ0n) is 13.1. The van der Waals surface area contributed by atoms with Crippen molar-refractivity contribution in [3.63, 3.8) is 0 Å². The average molecular weight is 328 g/mol. The van der Waals surface area contributed by atoms with Crippen LogP contribution in [0, 0.1) is 0 Å². The Hall–Kier alpha value is -2.86. The van der Waals surface area contributed by atoms with Crippen LogP contribution >= 0.6 is 0 Å². The molecule has 24 heavy (non-hydrogen) atoms. The van der Waals surface area contributed by atoms with Crippen LogP contribution < -0.4 is 10.6 Å². The molecule has 0 aliphatic heterocycles. The van der Waals surface area contributed by atoms with E-state index >= 15 is 0 Å². The van der Waals surface area contributed by atoms with Gasteiger partial charge in [-0.1, -0.05) is 60.7 Å². The number of hydrogen-bond acceptors (Lipinski definition) is 4. The predicted octanol–water partition coefficient (Wildman–Crippen LogP) is 2.16. The van der Waals surface area contributed by atoms with Crippen LogP contribution in [0.2, 0.25) is 0 Å². The zero-order chi connectivity index (χ0) is 17.2. The van der Waals surface area contributed by atoms with Crippen molar-refractivity contribution in [1.82, 2.24) is 10.6 Å². The van der Waals surface area contributed by atoms with Crippen molar-refractivity contribution < 1.29 is 19.4 Å². The quantitative estimate of drug-likeness (QED) is 0.691. The normalized spacial score (nSPS) is 11.5. The van der Waals surface area contributed by atoms with E-state index in [1.165, 1.54) is 0 Å². The Morgan fingerprint density at radius 1 is 0.958 bits per heavy atom. The molecule has 2 rings (SSSR count). The maximum absolute atomic E-state index is 11.7. The molecule has 0 radical (unpaired) electrons. The van der Waals surface area contributed by atoms with Crippen LogP contribution in [0.15, 0.2) is 60.7 Å². The van der Waals surface area contributed by atoms with Crippen LogP contribution in [-0.2, 0) is 22.7 Å². The monoisotopic (exact) mass is 328 g/mol. The summed E-state index contributed by atoms with van der Waals surface area (Å²) in [5.74, 6) is -1.03. The van der Waals surface area contributed by atoms with Crippen molar-refractivity contribution in [1.29, 1.82) is 0 Å². The molecule has 0 heterocycles. The smallest absolute Gasteiger partial charge is 0.407 e. The van der Waals surface area contributed by atoms with Crippen molar-refractivity contribution in [3.05, 3.63) is 71.8 Å². The maximum Gasteiger partial charge on any atom is 0.407 e. The van der Waals surface area contributed by atoms with Crippen molar-refractivity contribution in [2.75, 3.05) is 6.54 Å². The van der Waals surface area contributed by atoms with Gasteiger partial charge in [-0.25, -0.2) is 4.79 Å². The first kappa shape index (κ1) is 17.5. The van der Waals surface area contributed by atoms with E-state index in [0.717, 1.165) is 11.1 Å². The van der Waals surface area contributed by atoms with E-state index in [1.54, 1.807) is 0 Å². The molecular weight excluding hydrogens is 308 g/mol. The third-order valence-corrected chi connectivity index (χ3v) is 3.36. The second-order valence-electron chi connectivity index (χ2n) is 5.20. The third-order valence-electron chi connectivity index (χ3n) is 3.36. The fraction of sp³-hybridized carbons (Fsp3) is 0.222. The molecule has 0 aliphatic rings. The highest BCUT2D eigenvalue weighted by atomic mass is 16.5. The average Bonchev–Trinajstić information content (AvgIpc) is 2.61. The van der Waals surface area contributed by atoms with Gasteiger partial charge in [-0.05, 0) is 11.1 Å². The topological polar surface area (TPSA) is 87.7 Å². The summed E-state index contributed by atoms with van der Waals surface area (Å²) in [4.78, 5) is 22.9. The lowest BCUT2D eigenvalue weighted by Gasteiger charge is -2.15. The van der Waals surface area contributed by atoms with Gasteiger partial charge in [0.1, 0.15) is 12.6 Å². The maximum atomic E-state index is 11.7. The Morgan fingerprint density at radius 2 is 1.54 bits per heavy atom. The fourth-order valence-electron chi connectivity index (χ4n) is 2.04. The van der Waals surface area contributed by atoms with Crippen molar-refractivity contribution >= 4 is 12.1 Å². The largest absolute Gasteiger partial charge is 0.480 e. The summed E-state index contributed by atoms with van der Waals surface area (Å²) in [6, 6.07) is 17.8. The highest BCUT2D eigenvalue weighted by Gasteiger charge is 2.18. The lowest BCUT2D eigenvalue weighted by atomic mass is 10.2. The number of rotatable bonds is 8. The molecule has 2 aromatic rings. The van der Waals surface area contributed by atoms with Crippen molar-refractivity contribution in [2.45, 2.75) is 19.2 Å². The Bertz CT molecular complexity index is 647. The molecular formula is C18H20N2O4. The first-order chi connectivity index (χ1) is 11.6. The van der Waals surface area contributed by atoms with Crippen molar-refractivity contribution in [2.24, 2.45) is 0 Å². The Balaban J connectivity index is 1.74. The molecule has 0 saturated carbocycles. The van der Waals surface area contributed by atoms with E-state index in [2.05, 4.69) is 10.6 Å². The molecule has 1 amide bonds. The van der Waals surface area contributed by atoms with Crippen LogP contribution in [0.4, 0.5) is 4.79 Å². The molecule has 6 heteroatoms. The summed E-state index contributed by atoms with van der Waals surface area (Å²) < 4.78 is 5.05. The van der Waals surface area contributed by atoms with E-state index in [1.807, 2.05) is 60.7 Å². The summed E-state index contributed by atoms with van der Waals surface area (Å²) in [6.07, 6.45) is -0.647. The molecule has 0 fully saturated rings. The Labute approximate surface area is 140 Å². The SMILES string of the molecule is O=C(NC[C@@H](NCc1ccccc1)C(=O)O)OCc1ccccc1. The predicted molar refractivity (Wildman–Crippen MR) is 89.3 cm³/mol. The number of carboxylic acid groups (broad SMARTS) is 1. The zero-order valence-corrected chi connectivity index (χ0v) is 13.1. The molecule has 0 aliphatic carbocycles. The van der Waals surface area contributed by atoms with Crippen LogP contribution in [0.25, 0.3) is 0 Å². The molecule has 0 bridgehead atoms. The minimum atomic E-state index is -1.03. The van der Waals surface area contributed by atoms with E-state index in [0.29, 0.717) is 6.54 Å². The van der Waals surface area contributed by atoms with E-state index in [-0.39, 0.29) is 13.2 Å². The molecule has 3 N–H and O–H groups in total. The number of alkyl carbamates (subject to hydrolysis) is 1. The summed E-state index contributed by atoms with van der Waals surface area (Å²) in [5, 5.41) is 14.6. The first-order valence-corrected chi connectivity index (χ1v) is 7.60. The van der Waals surface area contributed by atoms with Gasteiger partial charge in [0.25, 0.3) is 0 Å². The number of carbonyl (C=O) groups excluding carboxylic acids is 1. The number of nitrogens with one attached hydrogen (secondary N) is 2. The number of benzene rings is 2. The number of amides is 1. The Morgan fingerprint density at radius 3 is 2.12 bits per heavy atom. The minimum absolute atomic E-state index is 0.0597. The van der Waals surface area contributed by atoms with Gasteiger partial charge in [0.05, 0.1) is 0 Å². The van der Waals surface area contributed by atoms with Gasteiger partial charge >= 0.3 is 12.1 Å². The van der Waals surface area contributed by atoms with Gasteiger partial charge in [-0.2, -0.15) is 0 Å². The van der Waals surface area contributed by atoms with E-state index in [9.17, 15) is 14.7 Å². The lowest BCUT2D eigenvalue weighted by Crippen LogP contribution is -2.45. The van der Waals surface area contributed by atoms with Gasteiger partial charge in [-0.3, -0.25) is 10.1 Å². The molecule has 1 atom stereocenters. The molecule has 0 aromatic heterocycles. The Kier molecular flexibility index (Phi) is 6.79. The van der Waals surface area contributed by atoms with E-state index in [4.69, 9.17) is 4.74 Å². The van der Waals surface area contributed by atoms with Crippen molar-refractivity contribution in [3.8, 4) is 0 Å². The molecule has 2 aromatic carbocycles. The minimum Gasteiger partial charge on any atom is -0.480 e. The summed E-state index contributed by atoms with van der Waals surface area (Å²) >= 11 is 0. The van der Waals surface area contributed by atoms with E-state index < -0.39 is 18.1 Å². The highest BCUT2D eigenvalue weighted by Crippen LogP contribution is 2.01. The number of aliphatic carboxylic acids is 1. The van der Waals surface area contributed by atoms with Gasteiger partial charge in [0.2, 0.25) is 0 Å². The molecule has 0 spiro atoms. The van der Waals surface area contributed by atoms with Gasteiger partial charge < -0.3 is 15.2 Å². The van der Waals surface area contributed by atoms with Gasteiger partial charge in [-0.15, -0.1) is 0 Å². The summed E-state index contributed by atoms with van der Waals surface area (Å²) in [7, 11) is 0. The van der Waals surface area contributed by atoms with Crippen LogP contribution in [0.1, 0.15) is 11.1 Å². The highest BCUT2D eigenvalue weighted by molar-refractivity contribution is 5.75. The first-order valence-electron chi connectivity index (χ1n) is 7.60. The summed E-state index contributed by atoms with van der Waals surface area (Å²) in [6.45, 7) is 0.482. The van der Waals surface area contributed by atoms with Gasteiger partial charge in [0.15, 0.2) is 0 Å². The molecule has 0 saturated heterocycles. The molecule has 6 nitrogen and oxygen atoms in total. The number of ether oxygens (including phenoxy) is 1. The third kappa shape index (κ3) is 6.10. The molecule has 0 unspecified atom stereocenters. The number of hydrogen-bond donors (Lipinski definition) is 3. The van der Waals surface area contributed by atoms with Crippen LogP contribution in [0.3, 0.4) is 0 Å². The lowest BCUT2D eigenvalue weighted by molar-refractivity contribution is -0.139. The van der Waals surface area contributed by atoms with Gasteiger partial charge in [0, 0.05) is 13.1 Å². The van der Waals surface area contributed by atoms with Crippen LogP contribution in [-0.4, -0.2) is 29.8 Å². The second kappa shape index (κ2) is 9.32. The standard InChI is InChI=1S/C18H20N2O4/c21-17(22)16(19-11-14-7-3-1-4-8-14)12-20-18(23)24-13-15-9-5-2-6-10-15/h1-10,16,19H,11-13H2,(H,20,23)(H,21,22)/t16-/m1/s1. The number of carbonyl (C=O) groups is 2. The fourth-order valence-corrected chi connectivity index (χ4v) is 2.04. The van der Waals surface area contributed by atoms with Crippen LogP contribution in [0.5, 0.6) is 0 Å². The molecule has 126 valence electrons. The number of carboxylic acids is 1. The summed E-state index contributed by atoms with van der Waals surface area (Å²) in [5.41, 5.74) is 1.83.